The molecule has 0 radical (unpaired) electrons. The van der Waals surface area contributed by atoms with E-state index in [9.17, 15) is 9.59 Å². The molecule has 0 aliphatic rings. The number of carboxylic acids is 2. The fourth-order valence-corrected chi connectivity index (χ4v) is 6.11. The molecule has 2 N–H and O–H groups in total. The van der Waals surface area contributed by atoms with Gasteiger partial charge in [0.1, 0.15) is 0 Å². The zero-order valence-corrected chi connectivity index (χ0v) is 22.1. The van der Waals surface area contributed by atoms with Gasteiger partial charge >= 0.3 is 11.9 Å². The van der Waals surface area contributed by atoms with Crippen LogP contribution < -0.4 is 0 Å². The van der Waals surface area contributed by atoms with Crippen LogP contribution in [0.2, 0.25) is 0 Å². The molecule has 6 heteroatoms. The average Bonchev–Trinajstić information content (AvgIpc) is 2.75. The molecule has 32 heavy (non-hydrogen) atoms. The van der Waals surface area contributed by atoms with Crippen molar-refractivity contribution in [3.8, 4) is 0 Å². The Labute approximate surface area is 205 Å². The summed E-state index contributed by atoms with van der Waals surface area (Å²) in [7, 11) is 4.11. The van der Waals surface area contributed by atoms with E-state index in [0.717, 1.165) is 25.7 Å². The first-order valence-electron chi connectivity index (χ1n) is 13.3. The fourth-order valence-electron chi connectivity index (χ4n) is 3.82. The lowest BCUT2D eigenvalue weighted by molar-refractivity contribution is -0.138. The Balaban J connectivity index is 3.02. The van der Waals surface area contributed by atoms with Crippen molar-refractivity contribution in [1.29, 1.82) is 0 Å². The van der Waals surface area contributed by atoms with E-state index >= 15 is 0 Å². The standard InChI is InChI=1S/C26H50O4S2/c27-25(28)21-17-13-9-5-1-3-7-11-15-19-23-31-32-24-20-16-12-8-4-2-6-10-14-18-22-26(29)30/h1-24H2,(H,27,28)(H,29,30). The van der Waals surface area contributed by atoms with Crippen LogP contribution in [0.4, 0.5) is 0 Å². The van der Waals surface area contributed by atoms with Gasteiger partial charge in [0.15, 0.2) is 0 Å². The van der Waals surface area contributed by atoms with E-state index in [1.807, 2.05) is 0 Å². The molecule has 0 bridgehead atoms. The molecule has 0 atom stereocenters. The van der Waals surface area contributed by atoms with E-state index in [1.54, 1.807) is 0 Å². The minimum absolute atomic E-state index is 0.331. The summed E-state index contributed by atoms with van der Waals surface area (Å²) in [5.74, 6) is 1.26. The first-order chi connectivity index (χ1) is 15.6. The second kappa shape index (κ2) is 26.9. The lowest BCUT2D eigenvalue weighted by atomic mass is 10.1. The van der Waals surface area contributed by atoms with Gasteiger partial charge in [-0.15, -0.1) is 0 Å². The minimum atomic E-state index is -0.663. The molecule has 0 saturated heterocycles. The van der Waals surface area contributed by atoms with Gasteiger partial charge in [0, 0.05) is 24.3 Å². The Morgan fingerprint density at radius 2 is 0.594 bits per heavy atom. The van der Waals surface area contributed by atoms with Gasteiger partial charge in [-0.25, -0.2) is 0 Å². The minimum Gasteiger partial charge on any atom is -0.481 e. The lowest BCUT2D eigenvalue weighted by Gasteiger charge is -2.04. The van der Waals surface area contributed by atoms with Crippen LogP contribution in [0.1, 0.15) is 141 Å². The van der Waals surface area contributed by atoms with E-state index in [-0.39, 0.29) is 0 Å². The first kappa shape index (κ1) is 31.6. The predicted octanol–water partition coefficient (Wildman–Crippen LogP) is 9.12. The number of carbonyl (C=O) groups is 2. The number of rotatable bonds is 27. The van der Waals surface area contributed by atoms with Crippen LogP contribution in [0.5, 0.6) is 0 Å². The normalized spacial score (nSPS) is 11.1. The van der Waals surface area contributed by atoms with Gasteiger partial charge in [0.2, 0.25) is 0 Å². The van der Waals surface area contributed by atoms with Gasteiger partial charge in [-0.1, -0.05) is 124 Å². The molecular weight excluding hydrogens is 440 g/mol. The maximum absolute atomic E-state index is 10.4. The molecule has 0 aromatic heterocycles. The molecule has 0 heterocycles. The van der Waals surface area contributed by atoms with Crippen molar-refractivity contribution in [1.82, 2.24) is 0 Å². The largest absolute Gasteiger partial charge is 0.481 e. The molecular formula is C26H50O4S2. The summed E-state index contributed by atoms with van der Waals surface area (Å²) in [6, 6.07) is 0. The summed E-state index contributed by atoms with van der Waals surface area (Å²) in [5, 5.41) is 17.2. The summed E-state index contributed by atoms with van der Waals surface area (Å²) < 4.78 is 0. The van der Waals surface area contributed by atoms with Crippen molar-refractivity contribution in [3.63, 3.8) is 0 Å². The number of hydrogen-bond acceptors (Lipinski definition) is 4. The maximum atomic E-state index is 10.4. The number of hydrogen-bond donors (Lipinski definition) is 2. The van der Waals surface area contributed by atoms with Crippen molar-refractivity contribution >= 4 is 33.5 Å². The van der Waals surface area contributed by atoms with Crippen molar-refractivity contribution in [2.45, 2.75) is 141 Å². The second-order valence-corrected chi connectivity index (χ2v) is 11.7. The van der Waals surface area contributed by atoms with Gasteiger partial charge in [0.25, 0.3) is 0 Å². The third kappa shape index (κ3) is 29.6. The highest BCUT2D eigenvalue weighted by atomic mass is 33.1. The van der Waals surface area contributed by atoms with Crippen molar-refractivity contribution in [3.05, 3.63) is 0 Å². The van der Waals surface area contributed by atoms with Crippen LogP contribution in [-0.2, 0) is 9.59 Å². The Hall–Kier alpha value is -0.360. The smallest absolute Gasteiger partial charge is 0.303 e. The number of unbranched alkanes of at least 4 members (excludes halogenated alkanes) is 18. The summed E-state index contributed by atoms with van der Waals surface area (Å²) in [5.41, 5.74) is 0. The van der Waals surface area contributed by atoms with Gasteiger partial charge in [-0.2, -0.15) is 0 Å². The molecule has 190 valence electrons. The van der Waals surface area contributed by atoms with Crippen molar-refractivity contribution in [2.24, 2.45) is 0 Å². The monoisotopic (exact) mass is 490 g/mol. The zero-order chi connectivity index (χ0) is 23.5. The topological polar surface area (TPSA) is 74.6 Å². The second-order valence-electron chi connectivity index (χ2n) is 9.00. The van der Waals surface area contributed by atoms with Crippen LogP contribution in [0.15, 0.2) is 0 Å². The molecule has 0 spiro atoms. The fraction of sp³-hybridized carbons (Fsp3) is 0.923. The molecule has 0 fully saturated rings. The highest BCUT2D eigenvalue weighted by molar-refractivity contribution is 8.76. The number of carboxylic acid groups (broad SMARTS) is 2. The Morgan fingerprint density at radius 3 is 0.844 bits per heavy atom. The summed E-state index contributed by atoms with van der Waals surface area (Å²) in [6.45, 7) is 0. The predicted molar refractivity (Wildman–Crippen MR) is 142 cm³/mol. The van der Waals surface area contributed by atoms with Crippen LogP contribution in [0, 0.1) is 0 Å². The molecule has 0 aromatic rings. The van der Waals surface area contributed by atoms with Gasteiger partial charge in [-0.3, -0.25) is 9.59 Å². The van der Waals surface area contributed by atoms with Gasteiger partial charge < -0.3 is 10.2 Å². The van der Waals surface area contributed by atoms with Crippen molar-refractivity contribution < 1.29 is 19.8 Å². The van der Waals surface area contributed by atoms with E-state index < -0.39 is 11.9 Å². The Bertz CT molecular complexity index is 381. The van der Waals surface area contributed by atoms with E-state index in [4.69, 9.17) is 10.2 Å². The average molecular weight is 491 g/mol. The highest BCUT2D eigenvalue weighted by Gasteiger charge is 1.99. The molecule has 0 aromatic carbocycles. The van der Waals surface area contributed by atoms with Gasteiger partial charge in [-0.05, 0) is 25.7 Å². The Morgan fingerprint density at radius 1 is 0.375 bits per heavy atom. The van der Waals surface area contributed by atoms with E-state index in [1.165, 1.54) is 114 Å². The van der Waals surface area contributed by atoms with Crippen molar-refractivity contribution in [2.75, 3.05) is 11.5 Å². The van der Waals surface area contributed by atoms with E-state index in [2.05, 4.69) is 21.6 Å². The maximum Gasteiger partial charge on any atom is 0.303 e. The summed E-state index contributed by atoms with van der Waals surface area (Å²) in [4.78, 5) is 20.9. The molecule has 0 aliphatic heterocycles. The molecule has 4 nitrogen and oxygen atoms in total. The highest BCUT2D eigenvalue weighted by Crippen LogP contribution is 2.25. The molecule has 0 unspecified atom stereocenters. The SMILES string of the molecule is O=C(O)CCCCCCCCCCCCSSCCCCCCCCCCCCC(=O)O. The quantitative estimate of drug-likeness (QED) is 0.0883. The summed E-state index contributed by atoms with van der Waals surface area (Å²) >= 11 is 0. The number of aliphatic carboxylic acids is 2. The van der Waals surface area contributed by atoms with Crippen LogP contribution >= 0.6 is 21.6 Å². The van der Waals surface area contributed by atoms with Crippen LogP contribution in [-0.4, -0.2) is 33.7 Å². The molecule has 0 saturated carbocycles. The third-order valence-corrected chi connectivity index (χ3v) is 8.40. The third-order valence-electron chi connectivity index (χ3n) is 5.82. The first-order valence-corrected chi connectivity index (χ1v) is 15.8. The van der Waals surface area contributed by atoms with Gasteiger partial charge in [0.05, 0.1) is 0 Å². The zero-order valence-electron chi connectivity index (χ0n) is 20.5. The lowest BCUT2D eigenvalue weighted by Crippen LogP contribution is -1.93. The molecule has 0 aliphatic carbocycles. The van der Waals surface area contributed by atoms with Crippen LogP contribution in [0.25, 0.3) is 0 Å². The summed E-state index contributed by atoms with van der Waals surface area (Å²) in [6.07, 6.45) is 25.6. The van der Waals surface area contributed by atoms with Crippen LogP contribution in [0.3, 0.4) is 0 Å². The Kier molecular flexibility index (Phi) is 26.6. The molecule has 0 amide bonds. The van der Waals surface area contributed by atoms with E-state index in [0.29, 0.717) is 12.8 Å². The molecule has 0 rings (SSSR count).